The number of aromatic nitrogens is 1. The van der Waals surface area contributed by atoms with E-state index in [4.69, 9.17) is 0 Å². The van der Waals surface area contributed by atoms with Crippen molar-refractivity contribution in [3.8, 4) is 0 Å². The molecule has 2 heteroatoms. The first-order chi connectivity index (χ1) is 6.24. The molecule has 0 aromatic carbocycles. The molecule has 0 fully saturated rings. The Kier molecular flexibility index (Phi) is 3.38. The van der Waals surface area contributed by atoms with Crippen LogP contribution in [0.5, 0.6) is 0 Å². The van der Waals surface area contributed by atoms with E-state index >= 15 is 0 Å². The molecule has 0 aliphatic rings. The van der Waals surface area contributed by atoms with Crippen LogP contribution < -0.4 is 0 Å². The smallest absolute Gasteiger partial charge is 0.126 e. The Balaban J connectivity index is 2.79. The van der Waals surface area contributed by atoms with Crippen LogP contribution >= 0.6 is 0 Å². The number of carbonyl (C=O) groups excluding carboxylic acids is 1. The zero-order chi connectivity index (χ0) is 9.68. The zero-order valence-corrected chi connectivity index (χ0v) is 7.90. The molecule has 0 saturated carbocycles. The van der Waals surface area contributed by atoms with Crippen LogP contribution in [-0.2, 0) is 4.79 Å². The van der Waals surface area contributed by atoms with Gasteiger partial charge in [-0.25, -0.2) is 0 Å². The Morgan fingerprint density at radius 1 is 1.54 bits per heavy atom. The van der Waals surface area contributed by atoms with Gasteiger partial charge < -0.3 is 4.79 Å². The quantitative estimate of drug-likeness (QED) is 0.659. The Labute approximate surface area is 78.3 Å². The van der Waals surface area contributed by atoms with Crippen molar-refractivity contribution in [2.75, 3.05) is 0 Å². The SMILES string of the molecule is Cc1ccncc1/C=C\C(C)C=O. The second-order valence-electron chi connectivity index (χ2n) is 3.09. The van der Waals surface area contributed by atoms with Gasteiger partial charge in [0.15, 0.2) is 0 Å². The summed E-state index contributed by atoms with van der Waals surface area (Å²) in [6.07, 6.45) is 8.28. The third kappa shape index (κ3) is 2.82. The first-order valence-corrected chi connectivity index (χ1v) is 4.28. The lowest BCUT2D eigenvalue weighted by Crippen LogP contribution is -1.89. The van der Waals surface area contributed by atoms with Crippen molar-refractivity contribution in [2.45, 2.75) is 13.8 Å². The highest BCUT2D eigenvalue weighted by Gasteiger charge is 1.94. The zero-order valence-electron chi connectivity index (χ0n) is 7.90. The van der Waals surface area contributed by atoms with E-state index < -0.39 is 0 Å². The highest BCUT2D eigenvalue weighted by Crippen LogP contribution is 2.08. The topological polar surface area (TPSA) is 30.0 Å². The van der Waals surface area contributed by atoms with Gasteiger partial charge in [0.05, 0.1) is 0 Å². The Morgan fingerprint density at radius 3 is 2.92 bits per heavy atom. The standard InChI is InChI=1S/C11H13NO/c1-9(8-13)3-4-11-7-12-6-5-10(11)2/h3-9H,1-2H3/b4-3-. The van der Waals surface area contributed by atoms with Crippen LogP contribution in [0.4, 0.5) is 0 Å². The van der Waals surface area contributed by atoms with E-state index in [0.717, 1.165) is 11.8 Å². The van der Waals surface area contributed by atoms with Crippen LogP contribution in [0.15, 0.2) is 24.5 Å². The molecule has 2 nitrogen and oxygen atoms in total. The van der Waals surface area contributed by atoms with E-state index in [0.29, 0.717) is 0 Å². The predicted octanol–water partition coefficient (Wildman–Crippen LogP) is 2.24. The number of hydrogen-bond acceptors (Lipinski definition) is 2. The second kappa shape index (κ2) is 4.55. The summed E-state index contributed by atoms with van der Waals surface area (Å²) in [6, 6.07) is 1.95. The van der Waals surface area contributed by atoms with Crippen molar-refractivity contribution in [1.29, 1.82) is 0 Å². The van der Waals surface area contributed by atoms with Gasteiger partial charge in [-0.15, -0.1) is 0 Å². The van der Waals surface area contributed by atoms with Gasteiger partial charge in [-0.3, -0.25) is 4.98 Å². The Hall–Kier alpha value is -1.44. The van der Waals surface area contributed by atoms with Crippen molar-refractivity contribution in [1.82, 2.24) is 4.98 Å². The van der Waals surface area contributed by atoms with Gasteiger partial charge >= 0.3 is 0 Å². The lowest BCUT2D eigenvalue weighted by molar-refractivity contribution is -0.109. The number of aryl methyl sites for hydroxylation is 1. The number of aldehydes is 1. The maximum atomic E-state index is 10.3. The summed E-state index contributed by atoms with van der Waals surface area (Å²) < 4.78 is 0. The summed E-state index contributed by atoms with van der Waals surface area (Å²) in [5.41, 5.74) is 2.24. The average Bonchev–Trinajstić information content (AvgIpc) is 2.16. The number of nitrogens with zero attached hydrogens (tertiary/aromatic N) is 1. The summed E-state index contributed by atoms with van der Waals surface area (Å²) in [6.45, 7) is 3.88. The fourth-order valence-electron chi connectivity index (χ4n) is 0.952. The van der Waals surface area contributed by atoms with Gasteiger partial charge in [-0.2, -0.15) is 0 Å². The summed E-state index contributed by atoms with van der Waals surface area (Å²) in [7, 11) is 0. The fourth-order valence-corrected chi connectivity index (χ4v) is 0.952. The molecule has 0 amide bonds. The monoisotopic (exact) mass is 175 g/mol. The van der Waals surface area contributed by atoms with Crippen LogP contribution in [0.1, 0.15) is 18.1 Å². The number of hydrogen-bond donors (Lipinski definition) is 0. The van der Waals surface area contributed by atoms with E-state index in [-0.39, 0.29) is 5.92 Å². The van der Waals surface area contributed by atoms with E-state index in [1.807, 2.05) is 32.1 Å². The third-order valence-corrected chi connectivity index (χ3v) is 1.87. The first kappa shape index (κ1) is 9.65. The van der Waals surface area contributed by atoms with Crippen LogP contribution in [0.2, 0.25) is 0 Å². The van der Waals surface area contributed by atoms with E-state index in [1.165, 1.54) is 5.56 Å². The first-order valence-electron chi connectivity index (χ1n) is 4.28. The van der Waals surface area contributed by atoms with Crippen molar-refractivity contribution < 1.29 is 4.79 Å². The molecule has 1 atom stereocenters. The normalized spacial score (nSPS) is 13.1. The van der Waals surface area contributed by atoms with Gasteiger partial charge in [0.2, 0.25) is 0 Å². The molecule has 68 valence electrons. The van der Waals surface area contributed by atoms with Gasteiger partial charge in [0.1, 0.15) is 6.29 Å². The minimum absolute atomic E-state index is 0.0281. The molecule has 13 heavy (non-hydrogen) atoms. The second-order valence-corrected chi connectivity index (χ2v) is 3.09. The molecule has 0 spiro atoms. The largest absolute Gasteiger partial charge is 0.303 e. The Morgan fingerprint density at radius 2 is 2.31 bits per heavy atom. The highest BCUT2D eigenvalue weighted by molar-refractivity contribution is 5.61. The highest BCUT2D eigenvalue weighted by atomic mass is 16.1. The van der Waals surface area contributed by atoms with Crippen molar-refractivity contribution in [3.05, 3.63) is 35.7 Å². The lowest BCUT2D eigenvalue weighted by atomic mass is 10.1. The van der Waals surface area contributed by atoms with Gasteiger partial charge in [-0.05, 0) is 24.1 Å². The van der Waals surface area contributed by atoms with Crippen molar-refractivity contribution in [3.63, 3.8) is 0 Å². The van der Waals surface area contributed by atoms with E-state index in [1.54, 1.807) is 12.4 Å². The molecule has 1 unspecified atom stereocenters. The molecule has 0 aliphatic carbocycles. The predicted molar refractivity (Wildman–Crippen MR) is 53.2 cm³/mol. The molecule has 1 rings (SSSR count). The molecule has 0 radical (unpaired) electrons. The molecule has 0 N–H and O–H groups in total. The molecule has 1 heterocycles. The summed E-state index contributed by atoms with van der Waals surface area (Å²) in [5, 5.41) is 0. The minimum atomic E-state index is -0.0281. The van der Waals surface area contributed by atoms with Crippen LogP contribution in [0, 0.1) is 12.8 Å². The summed E-state index contributed by atoms with van der Waals surface area (Å²) in [4.78, 5) is 14.4. The average molecular weight is 175 g/mol. The maximum absolute atomic E-state index is 10.3. The molecular formula is C11H13NO. The van der Waals surface area contributed by atoms with Crippen LogP contribution in [-0.4, -0.2) is 11.3 Å². The third-order valence-electron chi connectivity index (χ3n) is 1.87. The molecule has 0 aliphatic heterocycles. The van der Waals surface area contributed by atoms with Crippen molar-refractivity contribution in [2.24, 2.45) is 5.92 Å². The van der Waals surface area contributed by atoms with Crippen LogP contribution in [0.25, 0.3) is 6.08 Å². The van der Waals surface area contributed by atoms with E-state index in [9.17, 15) is 4.79 Å². The fraction of sp³-hybridized carbons (Fsp3) is 0.273. The van der Waals surface area contributed by atoms with Crippen molar-refractivity contribution >= 4 is 12.4 Å². The molecule has 1 aromatic rings. The lowest BCUT2D eigenvalue weighted by Gasteiger charge is -1.98. The van der Waals surface area contributed by atoms with Gasteiger partial charge in [-0.1, -0.05) is 19.1 Å². The number of rotatable bonds is 3. The van der Waals surface area contributed by atoms with Gasteiger partial charge in [0, 0.05) is 18.3 Å². The number of pyridine rings is 1. The van der Waals surface area contributed by atoms with Gasteiger partial charge in [0.25, 0.3) is 0 Å². The molecule has 0 saturated heterocycles. The number of carbonyl (C=O) groups is 1. The molecule has 1 aromatic heterocycles. The Bertz CT molecular complexity index is 318. The van der Waals surface area contributed by atoms with Crippen LogP contribution in [0.3, 0.4) is 0 Å². The summed E-state index contributed by atoms with van der Waals surface area (Å²) in [5.74, 6) is -0.0281. The molecule has 0 bridgehead atoms. The number of allylic oxidation sites excluding steroid dienone is 1. The molecular weight excluding hydrogens is 162 g/mol. The minimum Gasteiger partial charge on any atom is -0.303 e. The summed E-state index contributed by atoms with van der Waals surface area (Å²) >= 11 is 0. The van der Waals surface area contributed by atoms with E-state index in [2.05, 4.69) is 4.98 Å². The maximum Gasteiger partial charge on any atom is 0.126 e.